The standard InChI is InChI=1S/C16H19N3O4S/c20-24(21,15-2-1-13-10-23-11-14(13)7-15)18-16-3-5-17-19(16)8-12-4-6-22-9-12/h1-3,5,7,12,18H,4,6,8-11H2. The third-order valence-electron chi connectivity index (χ3n) is 4.41. The van der Waals surface area contributed by atoms with Gasteiger partial charge in [0.15, 0.2) is 0 Å². The molecule has 0 saturated carbocycles. The van der Waals surface area contributed by atoms with Crippen LogP contribution in [-0.4, -0.2) is 31.4 Å². The fourth-order valence-corrected chi connectivity index (χ4v) is 4.16. The molecule has 1 atom stereocenters. The summed E-state index contributed by atoms with van der Waals surface area (Å²) in [6, 6.07) is 6.77. The van der Waals surface area contributed by atoms with Crippen LogP contribution in [0.4, 0.5) is 5.82 Å². The van der Waals surface area contributed by atoms with Gasteiger partial charge in [0, 0.05) is 25.1 Å². The van der Waals surface area contributed by atoms with Crippen LogP contribution in [0.3, 0.4) is 0 Å². The van der Waals surface area contributed by atoms with Gasteiger partial charge in [0.25, 0.3) is 10.0 Å². The largest absolute Gasteiger partial charge is 0.381 e. The van der Waals surface area contributed by atoms with Gasteiger partial charge >= 0.3 is 0 Å². The van der Waals surface area contributed by atoms with Crippen LogP contribution in [0.2, 0.25) is 0 Å². The van der Waals surface area contributed by atoms with E-state index in [2.05, 4.69) is 9.82 Å². The quantitative estimate of drug-likeness (QED) is 0.889. The Balaban J connectivity index is 1.55. The second-order valence-electron chi connectivity index (χ2n) is 6.16. The highest BCUT2D eigenvalue weighted by atomic mass is 32.2. The van der Waals surface area contributed by atoms with Crippen LogP contribution in [0.15, 0.2) is 35.4 Å². The maximum absolute atomic E-state index is 12.7. The summed E-state index contributed by atoms with van der Waals surface area (Å²) in [5.74, 6) is 0.837. The maximum atomic E-state index is 12.7. The molecule has 1 aromatic heterocycles. The number of hydrogen-bond donors (Lipinski definition) is 1. The van der Waals surface area contributed by atoms with Crippen LogP contribution in [-0.2, 0) is 39.3 Å². The lowest BCUT2D eigenvalue weighted by Crippen LogP contribution is -2.19. The van der Waals surface area contributed by atoms with Crippen LogP contribution < -0.4 is 4.72 Å². The normalized spacial score (nSPS) is 20.2. The summed E-state index contributed by atoms with van der Waals surface area (Å²) in [5, 5.41) is 4.23. The summed E-state index contributed by atoms with van der Waals surface area (Å²) in [5.41, 5.74) is 1.97. The van der Waals surface area contributed by atoms with E-state index in [0.717, 1.165) is 24.2 Å². The number of rotatable bonds is 5. The highest BCUT2D eigenvalue weighted by Gasteiger charge is 2.22. The lowest BCUT2D eigenvalue weighted by atomic mass is 10.1. The van der Waals surface area contributed by atoms with Gasteiger partial charge in [-0.05, 0) is 29.7 Å². The first-order chi connectivity index (χ1) is 11.6. The Morgan fingerprint density at radius 1 is 1.21 bits per heavy atom. The smallest absolute Gasteiger partial charge is 0.263 e. The van der Waals surface area contributed by atoms with Crippen molar-refractivity contribution in [3.63, 3.8) is 0 Å². The lowest BCUT2D eigenvalue weighted by Gasteiger charge is -2.13. The average molecular weight is 349 g/mol. The van der Waals surface area contributed by atoms with Crippen molar-refractivity contribution in [2.24, 2.45) is 5.92 Å². The Morgan fingerprint density at radius 2 is 2.08 bits per heavy atom. The third-order valence-corrected chi connectivity index (χ3v) is 5.77. The van der Waals surface area contributed by atoms with E-state index in [1.54, 1.807) is 29.1 Å². The maximum Gasteiger partial charge on any atom is 0.263 e. The van der Waals surface area contributed by atoms with Crippen LogP contribution in [0, 0.1) is 5.92 Å². The van der Waals surface area contributed by atoms with Gasteiger partial charge in [0.1, 0.15) is 5.82 Å². The molecule has 24 heavy (non-hydrogen) atoms. The van der Waals surface area contributed by atoms with Gasteiger partial charge in [-0.25, -0.2) is 13.1 Å². The SMILES string of the molecule is O=S(=O)(Nc1ccnn1CC1CCOC1)c1ccc2c(c1)COC2. The molecule has 1 saturated heterocycles. The molecule has 2 aliphatic rings. The summed E-state index contributed by atoms with van der Waals surface area (Å²) in [4.78, 5) is 0.240. The zero-order chi connectivity index (χ0) is 16.6. The molecule has 2 aliphatic heterocycles. The minimum atomic E-state index is -3.66. The first-order valence-electron chi connectivity index (χ1n) is 7.94. The highest BCUT2D eigenvalue weighted by Crippen LogP contribution is 2.25. The van der Waals surface area contributed by atoms with Crippen molar-refractivity contribution in [3.05, 3.63) is 41.6 Å². The fourth-order valence-electron chi connectivity index (χ4n) is 3.05. The number of aromatic nitrogens is 2. The zero-order valence-electron chi connectivity index (χ0n) is 13.1. The van der Waals surface area contributed by atoms with E-state index in [4.69, 9.17) is 9.47 Å². The summed E-state index contributed by atoms with van der Waals surface area (Å²) in [7, 11) is -3.66. The van der Waals surface area contributed by atoms with Crippen molar-refractivity contribution in [2.45, 2.75) is 31.1 Å². The van der Waals surface area contributed by atoms with Crippen LogP contribution in [0.5, 0.6) is 0 Å². The third kappa shape index (κ3) is 3.04. The molecule has 2 aromatic rings. The number of nitrogens with one attached hydrogen (secondary N) is 1. The molecule has 1 aromatic carbocycles. The van der Waals surface area contributed by atoms with E-state index < -0.39 is 10.0 Å². The van der Waals surface area contributed by atoms with E-state index in [1.807, 2.05) is 6.07 Å². The van der Waals surface area contributed by atoms with E-state index in [1.165, 1.54) is 0 Å². The first kappa shape index (κ1) is 15.6. The molecule has 0 amide bonds. The minimum Gasteiger partial charge on any atom is -0.381 e. The number of benzene rings is 1. The monoisotopic (exact) mass is 349 g/mol. The van der Waals surface area contributed by atoms with E-state index in [9.17, 15) is 8.42 Å². The average Bonchev–Trinajstić information content (AvgIpc) is 3.29. The van der Waals surface area contributed by atoms with Gasteiger partial charge in [0.05, 0.1) is 30.9 Å². The minimum absolute atomic E-state index is 0.240. The first-order valence-corrected chi connectivity index (χ1v) is 9.42. The second kappa shape index (κ2) is 6.19. The summed E-state index contributed by atoms with van der Waals surface area (Å²) in [6.07, 6.45) is 2.57. The molecule has 0 aliphatic carbocycles. The van der Waals surface area contributed by atoms with E-state index >= 15 is 0 Å². The molecule has 1 unspecified atom stereocenters. The van der Waals surface area contributed by atoms with Gasteiger partial charge in [-0.3, -0.25) is 4.72 Å². The molecular weight excluding hydrogens is 330 g/mol. The molecule has 128 valence electrons. The number of anilines is 1. The Hall–Kier alpha value is -1.90. The van der Waals surface area contributed by atoms with Gasteiger partial charge < -0.3 is 9.47 Å². The number of fused-ring (bicyclic) bond motifs is 1. The molecule has 1 fully saturated rings. The van der Waals surface area contributed by atoms with Gasteiger partial charge in [-0.15, -0.1) is 0 Å². The summed E-state index contributed by atoms with van der Waals surface area (Å²) < 4.78 is 40.4. The predicted octanol–water partition coefficient (Wildman–Crippen LogP) is 1.75. The molecule has 4 rings (SSSR count). The molecule has 8 heteroatoms. The van der Waals surface area contributed by atoms with Gasteiger partial charge in [0.2, 0.25) is 0 Å². The molecule has 7 nitrogen and oxygen atoms in total. The van der Waals surface area contributed by atoms with Crippen molar-refractivity contribution in [3.8, 4) is 0 Å². The number of ether oxygens (including phenoxy) is 2. The van der Waals surface area contributed by atoms with Crippen molar-refractivity contribution in [1.29, 1.82) is 0 Å². The van der Waals surface area contributed by atoms with Crippen molar-refractivity contribution in [2.75, 3.05) is 17.9 Å². The summed E-state index contributed by atoms with van der Waals surface area (Å²) in [6.45, 7) is 3.08. The number of sulfonamides is 1. The summed E-state index contributed by atoms with van der Waals surface area (Å²) >= 11 is 0. The van der Waals surface area contributed by atoms with Gasteiger partial charge in [-0.2, -0.15) is 5.10 Å². The van der Waals surface area contributed by atoms with Crippen LogP contribution in [0.1, 0.15) is 17.5 Å². The van der Waals surface area contributed by atoms with Crippen LogP contribution in [0.25, 0.3) is 0 Å². The Labute approximate surface area is 140 Å². The van der Waals surface area contributed by atoms with Crippen molar-refractivity contribution in [1.82, 2.24) is 9.78 Å². The van der Waals surface area contributed by atoms with E-state index in [0.29, 0.717) is 38.1 Å². The van der Waals surface area contributed by atoms with Crippen LogP contribution >= 0.6 is 0 Å². The highest BCUT2D eigenvalue weighted by molar-refractivity contribution is 7.92. The number of nitrogens with zero attached hydrogens (tertiary/aromatic N) is 2. The molecule has 0 radical (unpaired) electrons. The van der Waals surface area contributed by atoms with Gasteiger partial charge in [-0.1, -0.05) is 6.07 Å². The molecular formula is C16H19N3O4S. The Bertz CT molecular complexity index is 841. The second-order valence-corrected chi connectivity index (χ2v) is 7.84. The zero-order valence-corrected chi connectivity index (χ0v) is 14.0. The Morgan fingerprint density at radius 3 is 2.92 bits per heavy atom. The molecule has 0 spiro atoms. The topological polar surface area (TPSA) is 82.5 Å². The van der Waals surface area contributed by atoms with Crippen molar-refractivity contribution < 1.29 is 17.9 Å². The lowest BCUT2D eigenvalue weighted by molar-refractivity contribution is 0.134. The Kier molecular flexibility index (Phi) is 4.03. The van der Waals surface area contributed by atoms with Crippen molar-refractivity contribution >= 4 is 15.8 Å². The fraction of sp³-hybridized carbons (Fsp3) is 0.438. The van der Waals surface area contributed by atoms with E-state index in [-0.39, 0.29) is 4.90 Å². The number of hydrogen-bond acceptors (Lipinski definition) is 5. The molecule has 0 bridgehead atoms. The molecule has 3 heterocycles. The predicted molar refractivity (Wildman–Crippen MR) is 86.9 cm³/mol. The molecule has 1 N–H and O–H groups in total.